The number of piperidine rings is 1. The van der Waals surface area contributed by atoms with E-state index in [1.54, 1.807) is 0 Å². The van der Waals surface area contributed by atoms with E-state index >= 15 is 0 Å². The summed E-state index contributed by atoms with van der Waals surface area (Å²) >= 11 is 0. The molecule has 26 heavy (non-hydrogen) atoms. The van der Waals surface area contributed by atoms with Gasteiger partial charge in [-0.3, -0.25) is 9.59 Å². The van der Waals surface area contributed by atoms with Gasteiger partial charge in [0, 0.05) is 31.2 Å². The Balaban J connectivity index is 1.52. The van der Waals surface area contributed by atoms with E-state index in [0.29, 0.717) is 5.92 Å². The minimum Gasteiger partial charge on any atom is -0.371 e. The molecule has 1 aliphatic heterocycles. The highest BCUT2D eigenvalue weighted by molar-refractivity contribution is 6.01. The van der Waals surface area contributed by atoms with Gasteiger partial charge in [-0.1, -0.05) is 6.42 Å². The van der Waals surface area contributed by atoms with Gasteiger partial charge in [-0.15, -0.1) is 0 Å². The first-order valence-electron chi connectivity index (χ1n) is 10.2. The van der Waals surface area contributed by atoms with Crippen molar-refractivity contribution in [1.29, 1.82) is 0 Å². The molecule has 140 valence electrons. The lowest BCUT2D eigenvalue weighted by molar-refractivity contribution is -0.122. The second-order valence-electron chi connectivity index (χ2n) is 8.05. The van der Waals surface area contributed by atoms with E-state index in [1.165, 1.54) is 19.3 Å². The highest BCUT2D eigenvalue weighted by Gasteiger charge is 2.26. The van der Waals surface area contributed by atoms with E-state index in [9.17, 15) is 9.59 Å². The molecule has 2 saturated carbocycles. The molecule has 1 aromatic carbocycles. The SMILES string of the molecule is O=C(NCC1CC1)c1ccc(NC(=O)C2CCC2)cc1N1CCCCC1. The van der Waals surface area contributed by atoms with E-state index in [1.807, 2.05) is 18.2 Å². The number of amides is 2. The third-order valence-electron chi connectivity index (χ3n) is 5.93. The van der Waals surface area contributed by atoms with Gasteiger partial charge < -0.3 is 15.5 Å². The number of hydrogen-bond acceptors (Lipinski definition) is 3. The molecule has 0 bridgehead atoms. The molecule has 1 aromatic rings. The number of hydrogen-bond donors (Lipinski definition) is 2. The summed E-state index contributed by atoms with van der Waals surface area (Å²) in [5.74, 6) is 0.953. The van der Waals surface area contributed by atoms with Crippen LogP contribution in [0.2, 0.25) is 0 Å². The molecule has 2 aliphatic carbocycles. The maximum atomic E-state index is 12.7. The second kappa shape index (κ2) is 7.68. The molecule has 0 atom stereocenters. The average molecular weight is 355 g/mol. The third-order valence-corrected chi connectivity index (χ3v) is 5.93. The van der Waals surface area contributed by atoms with Gasteiger partial charge in [0.1, 0.15) is 0 Å². The molecule has 3 aliphatic rings. The Morgan fingerprint density at radius 1 is 1.00 bits per heavy atom. The zero-order chi connectivity index (χ0) is 17.9. The normalized spacial score (nSPS) is 20.4. The molecule has 4 rings (SSSR count). The average Bonchev–Trinajstić information content (AvgIpc) is 3.43. The quantitative estimate of drug-likeness (QED) is 0.820. The van der Waals surface area contributed by atoms with Crippen molar-refractivity contribution in [2.45, 2.75) is 51.4 Å². The van der Waals surface area contributed by atoms with Gasteiger partial charge in [0.15, 0.2) is 0 Å². The first kappa shape index (κ1) is 17.4. The summed E-state index contributed by atoms with van der Waals surface area (Å²) in [6, 6.07) is 5.74. The third kappa shape index (κ3) is 4.02. The monoisotopic (exact) mass is 355 g/mol. The standard InChI is InChI=1S/C21H29N3O2/c25-20(16-5-4-6-16)23-17-9-10-18(21(26)22-14-15-7-8-15)19(13-17)24-11-2-1-3-12-24/h9-10,13,15-16H,1-8,11-12,14H2,(H,22,26)(H,23,25). The van der Waals surface area contributed by atoms with E-state index in [2.05, 4.69) is 15.5 Å². The van der Waals surface area contributed by atoms with E-state index in [0.717, 1.165) is 68.7 Å². The van der Waals surface area contributed by atoms with Crippen molar-refractivity contribution in [3.8, 4) is 0 Å². The molecule has 2 N–H and O–H groups in total. The van der Waals surface area contributed by atoms with Gasteiger partial charge in [-0.25, -0.2) is 0 Å². The van der Waals surface area contributed by atoms with E-state index in [-0.39, 0.29) is 17.7 Å². The van der Waals surface area contributed by atoms with Crippen LogP contribution in [0.15, 0.2) is 18.2 Å². The van der Waals surface area contributed by atoms with Crippen molar-refractivity contribution in [2.75, 3.05) is 29.9 Å². The van der Waals surface area contributed by atoms with E-state index in [4.69, 9.17) is 0 Å². The summed E-state index contributed by atoms with van der Waals surface area (Å²) in [6.07, 6.45) is 9.15. The van der Waals surface area contributed by atoms with Crippen molar-refractivity contribution in [1.82, 2.24) is 5.32 Å². The summed E-state index contributed by atoms with van der Waals surface area (Å²) in [6.45, 7) is 2.73. The Labute approximate surface area is 155 Å². The number of anilines is 2. The molecule has 1 heterocycles. The largest absolute Gasteiger partial charge is 0.371 e. The number of nitrogens with zero attached hydrogens (tertiary/aromatic N) is 1. The van der Waals surface area contributed by atoms with Crippen LogP contribution in [0.25, 0.3) is 0 Å². The molecule has 5 heteroatoms. The van der Waals surface area contributed by atoms with Crippen LogP contribution in [0.5, 0.6) is 0 Å². The Hall–Kier alpha value is -2.04. The molecule has 1 saturated heterocycles. The van der Waals surface area contributed by atoms with Gasteiger partial charge in [-0.05, 0) is 69.1 Å². The summed E-state index contributed by atoms with van der Waals surface area (Å²) in [7, 11) is 0. The van der Waals surface area contributed by atoms with Gasteiger partial charge in [0.05, 0.1) is 11.3 Å². The zero-order valence-corrected chi connectivity index (χ0v) is 15.4. The van der Waals surface area contributed by atoms with Gasteiger partial charge >= 0.3 is 0 Å². The fourth-order valence-electron chi connectivity index (χ4n) is 3.77. The lowest BCUT2D eigenvalue weighted by Gasteiger charge is -2.31. The molecule has 0 radical (unpaired) electrons. The van der Waals surface area contributed by atoms with Crippen molar-refractivity contribution >= 4 is 23.2 Å². The smallest absolute Gasteiger partial charge is 0.253 e. The second-order valence-corrected chi connectivity index (χ2v) is 8.05. The minimum absolute atomic E-state index is 0.00865. The topological polar surface area (TPSA) is 61.4 Å². The summed E-state index contributed by atoms with van der Waals surface area (Å²) < 4.78 is 0. The number of carbonyl (C=O) groups excluding carboxylic acids is 2. The first-order chi connectivity index (χ1) is 12.7. The van der Waals surface area contributed by atoms with Crippen LogP contribution in [-0.4, -0.2) is 31.4 Å². The summed E-state index contributed by atoms with van der Waals surface area (Å²) in [5.41, 5.74) is 2.50. The molecular formula is C21H29N3O2. The Bertz CT molecular complexity index is 674. The number of carbonyl (C=O) groups is 2. The highest BCUT2D eigenvalue weighted by atomic mass is 16.2. The van der Waals surface area contributed by atoms with Crippen LogP contribution in [0.4, 0.5) is 11.4 Å². The van der Waals surface area contributed by atoms with Crippen LogP contribution in [0.1, 0.15) is 61.7 Å². The Morgan fingerprint density at radius 2 is 1.77 bits per heavy atom. The van der Waals surface area contributed by atoms with Crippen molar-refractivity contribution in [3.63, 3.8) is 0 Å². The zero-order valence-electron chi connectivity index (χ0n) is 15.4. The van der Waals surface area contributed by atoms with Crippen molar-refractivity contribution in [3.05, 3.63) is 23.8 Å². The Morgan fingerprint density at radius 3 is 2.42 bits per heavy atom. The maximum absolute atomic E-state index is 12.7. The fraction of sp³-hybridized carbons (Fsp3) is 0.619. The summed E-state index contributed by atoms with van der Waals surface area (Å²) in [5, 5.41) is 6.14. The first-order valence-corrected chi connectivity index (χ1v) is 10.2. The van der Waals surface area contributed by atoms with Crippen LogP contribution < -0.4 is 15.5 Å². The fourth-order valence-corrected chi connectivity index (χ4v) is 3.77. The number of nitrogens with one attached hydrogen (secondary N) is 2. The van der Waals surface area contributed by atoms with E-state index < -0.39 is 0 Å². The Kier molecular flexibility index (Phi) is 5.14. The van der Waals surface area contributed by atoms with Crippen LogP contribution >= 0.6 is 0 Å². The maximum Gasteiger partial charge on any atom is 0.253 e. The molecular weight excluding hydrogens is 326 g/mol. The predicted molar refractivity (Wildman–Crippen MR) is 104 cm³/mol. The lowest BCUT2D eigenvalue weighted by atomic mass is 9.85. The van der Waals surface area contributed by atoms with Crippen molar-refractivity contribution < 1.29 is 9.59 Å². The van der Waals surface area contributed by atoms with Crippen LogP contribution in [-0.2, 0) is 4.79 Å². The van der Waals surface area contributed by atoms with Gasteiger partial charge in [-0.2, -0.15) is 0 Å². The minimum atomic E-state index is 0.00865. The van der Waals surface area contributed by atoms with Gasteiger partial charge in [0.25, 0.3) is 5.91 Å². The van der Waals surface area contributed by atoms with Crippen LogP contribution in [0, 0.1) is 11.8 Å². The number of rotatable bonds is 6. The molecule has 3 fully saturated rings. The molecule has 0 spiro atoms. The molecule has 5 nitrogen and oxygen atoms in total. The molecule has 0 unspecified atom stereocenters. The predicted octanol–water partition coefficient (Wildman–Crippen LogP) is 3.56. The lowest BCUT2D eigenvalue weighted by Crippen LogP contribution is -2.33. The van der Waals surface area contributed by atoms with Gasteiger partial charge in [0.2, 0.25) is 5.91 Å². The summed E-state index contributed by atoms with van der Waals surface area (Å²) in [4.78, 5) is 27.3. The highest BCUT2D eigenvalue weighted by Crippen LogP contribution is 2.31. The molecule has 0 aromatic heterocycles. The number of benzene rings is 1. The molecule has 2 amide bonds. The van der Waals surface area contributed by atoms with Crippen LogP contribution in [0.3, 0.4) is 0 Å². The van der Waals surface area contributed by atoms with Crippen molar-refractivity contribution in [2.24, 2.45) is 11.8 Å².